The quantitative estimate of drug-likeness (QED) is 0.888. The Kier molecular flexibility index (Phi) is 3.72. The zero-order valence-corrected chi connectivity index (χ0v) is 12.7. The number of aryl methyl sites for hydroxylation is 2. The molecule has 0 unspecified atom stereocenters. The maximum atomic E-state index is 10.9. The van der Waals surface area contributed by atoms with Crippen LogP contribution in [0.2, 0.25) is 0 Å². The van der Waals surface area contributed by atoms with Crippen LogP contribution in [-0.2, 0) is 30.8 Å². The van der Waals surface area contributed by atoms with Gasteiger partial charge in [-0.15, -0.1) is 0 Å². The SMILES string of the molecule is CCCn1c(C)c(CCC(=O)O)c2cc3c(cc21)CNC3. The van der Waals surface area contributed by atoms with E-state index in [1.54, 1.807) is 0 Å². The van der Waals surface area contributed by atoms with Gasteiger partial charge in [0.15, 0.2) is 0 Å². The smallest absolute Gasteiger partial charge is 0.303 e. The summed E-state index contributed by atoms with van der Waals surface area (Å²) in [7, 11) is 0. The minimum Gasteiger partial charge on any atom is -0.481 e. The van der Waals surface area contributed by atoms with E-state index in [0.717, 1.165) is 26.1 Å². The average Bonchev–Trinajstić information content (AvgIpc) is 2.99. The van der Waals surface area contributed by atoms with Crippen LogP contribution in [0.25, 0.3) is 10.9 Å². The molecule has 3 rings (SSSR count). The molecular weight excluding hydrogens is 264 g/mol. The van der Waals surface area contributed by atoms with Crippen LogP contribution in [0.4, 0.5) is 0 Å². The summed E-state index contributed by atoms with van der Waals surface area (Å²) in [5, 5.41) is 13.6. The maximum absolute atomic E-state index is 10.9. The van der Waals surface area contributed by atoms with Crippen molar-refractivity contribution in [2.24, 2.45) is 0 Å². The lowest BCUT2D eigenvalue weighted by Crippen LogP contribution is -2.02. The van der Waals surface area contributed by atoms with Crippen LogP contribution in [-0.4, -0.2) is 15.6 Å². The van der Waals surface area contributed by atoms with Crippen molar-refractivity contribution in [3.05, 3.63) is 34.5 Å². The van der Waals surface area contributed by atoms with Crippen LogP contribution >= 0.6 is 0 Å². The van der Waals surface area contributed by atoms with Crippen molar-refractivity contribution in [2.45, 2.75) is 52.7 Å². The molecular formula is C17H22N2O2. The number of rotatable bonds is 5. The Bertz CT molecular complexity index is 701. The summed E-state index contributed by atoms with van der Waals surface area (Å²) in [4.78, 5) is 10.9. The molecule has 112 valence electrons. The van der Waals surface area contributed by atoms with Crippen LogP contribution in [0.5, 0.6) is 0 Å². The van der Waals surface area contributed by atoms with Gasteiger partial charge in [-0.05, 0) is 48.6 Å². The lowest BCUT2D eigenvalue weighted by molar-refractivity contribution is -0.136. The summed E-state index contributed by atoms with van der Waals surface area (Å²) in [5.41, 5.74) is 6.42. The van der Waals surface area contributed by atoms with Crippen molar-refractivity contribution in [3.63, 3.8) is 0 Å². The molecule has 2 heterocycles. The molecule has 4 heteroatoms. The summed E-state index contributed by atoms with van der Waals surface area (Å²) in [6.07, 6.45) is 1.89. The van der Waals surface area contributed by atoms with Gasteiger partial charge in [-0.2, -0.15) is 0 Å². The van der Waals surface area contributed by atoms with Crippen molar-refractivity contribution in [2.75, 3.05) is 0 Å². The lowest BCUT2D eigenvalue weighted by Gasteiger charge is -2.07. The Hall–Kier alpha value is -1.81. The van der Waals surface area contributed by atoms with Gasteiger partial charge in [-0.3, -0.25) is 4.79 Å². The largest absolute Gasteiger partial charge is 0.481 e. The third kappa shape index (κ3) is 2.44. The molecule has 21 heavy (non-hydrogen) atoms. The molecule has 0 aliphatic carbocycles. The van der Waals surface area contributed by atoms with Gasteiger partial charge in [0.1, 0.15) is 0 Å². The first-order valence-corrected chi connectivity index (χ1v) is 7.67. The summed E-state index contributed by atoms with van der Waals surface area (Å²) >= 11 is 0. The molecule has 0 saturated heterocycles. The summed E-state index contributed by atoms with van der Waals surface area (Å²) in [6, 6.07) is 4.55. The normalized spacial score (nSPS) is 13.8. The van der Waals surface area contributed by atoms with E-state index in [1.165, 1.54) is 33.3 Å². The van der Waals surface area contributed by atoms with Crippen molar-refractivity contribution < 1.29 is 9.90 Å². The van der Waals surface area contributed by atoms with Gasteiger partial charge in [0.2, 0.25) is 0 Å². The van der Waals surface area contributed by atoms with E-state index in [9.17, 15) is 4.79 Å². The van der Waals surface area contributed by atoms with Crippen LogP contribution in [0, 0.1) is 6.92 Å². The Morgan fingerprint density at radius 2 is 2.05 bits per heavy atom. The zero-order chi connectivity index (χ0) is 15.0. The van der Waals surface area contributed by atoms with Crippen LogP contribution in [0.15, 0.2) is 12.1 Å². The van der Waals surface area contributed by atoms with E-state index in [4.69, 9.17) is 5.11 Å². The maximum Gasteiger partial charge on any atom is 0.303 e. The number of nitrogens with one attached hydrogen (secondary N) is 1. The molecule has 2 aromatic rings. The van der Waals surface area contributed by atoms with Gasteiger partial charge < -0.3 is 15.0 Å². The van der Waals surface area contributed by atoms with Gasteiger partial charge in [0.25, 0.3) is 0 Å². The van der Waals surface area contributed by atoms with E-state index in [2.05, 4.69) is 35.9 Å². The number of hydrogen-bond donors (Lipinski definition) is 2. The summed E-state index contributed by atoms with van der Waals surface area (Å²) in [6.45, 7) is 7.14. The molecule has 1 aliphatic heterocycles. The second-order valence-electron chi connectivity index (χ2n) is 5.85. The number of aromatic nitrogens is 1. The number of fused-ring (bicyclic) bond motifs is 2. The topological polar surface area (TPSA) is 54.3 Å². The monoisotopic (exact) mass is 286 g/mol. The fraction of sp³-hybridized carbons (Fsp3) is 0.471. The fourth-order valence-corrected chi connectivity index (χ4v) is 3.40. The zero-order valence-electron chi connectivity index (χ0n) is 12.7. The molecule has 0 bridgehead atoms. The summed E-state index contributed by atoms with van der Waals surface area (Å²) < 4.78 is 2.35. The number of aliphatic carboxylic acids is 1. The molecule has 1 aromatic heterocycles. The minimum atomic E-state index is -0.728. The predicted octanol–water partition coefficient (Wildman–Crippen LogP) is 2.98. The van der Waals surface area contributed by atoms with E-state index < -0.39 is 5.97 Å². The number of carboxylic acid groups (broad SMARTS) is 1. The second-order valence-corrected chi connectivity index (χ2v) is 5.85. The average molecular weight is 286 g/mol. The standard InChI is InChI=1S/C17H22N2O2/c1-3-6-19-11(2)14(4-5-17(20)21)15-7-12-9-18-10-13(12)8-16(15)19/h7-8,18H,3-6,9-10H2,1-2H3,(H,20,21). The van der Waals surface area contributed by atoms with E-state index in [1.807, 2.05) is 0 Å². The minimum absolute atomic E-state index is 0.196. The van der Waals surface area contributed by atoms with Gasteiger partial charge in [-0.25, -0.2) is 0 Å². The molecule has 0 fully saturated rings. The van der Waals surface area contributed by atoms with E-state index >= 15 is 0 Å². The van der Waals surface area contributed by atoms with Crippen molar-refractivity contribution in [3.8, 4) is 0 Å². The molecule has 0 saturated carbocycles. The molecule has 0 spiro atoms. The van der Waals surface area contributed by atoms with Gasteiger partial charge >= 0.3 is 5.97 Å². The first-order chi connectivity index (χ1) is 10.1. The van der Waals surface area contributed by atoms with Crippen LogP contribution in [0.3, 0.4) is 0 Å². The van der Waals surface area contributed by atoms with Crippen molar-refractivity contribution in [1.29, 1.82) is 0 Å². The third-order valence-electron chi connectivity index (χ3n) is 4.44. The first-order valence-electron chi connectivity index (χ1n) is 7.67. The Labute approximate surface area is 124 Å². The fourth-order valence-electron chi connectivity index (χ4n) is 3.40. The highest BCUT2D eigenvalue weighted by atomic mass is 16.4. The van der Waals surface area contributed by atoms with Crippen molar-refractivity contribution >= 4 is 16.9 Å². The Morgan fingerprint density at radius 1 is 1.33 bits per heavy atom. The second kappa shape index (κ2) is 5.53. The number of nitrogens with zero attached hydrogens (tertiary/aromatic N) is 1. The molecule has 0 atom stereocenters. The highest BCUT2D eigenvalue weighted by Crippen LogP contribution is 2.31. The molecule has 2 N–H and O–H groups in total. The Morgan fingerprint density at radius 3 is 2.71 bits per heavy atom. The number of carboxylic acids is 1. The third-order valence-corrected chi connectivity index (χ3v) is 4.44. The lowest BCUT2D eigenvalue weighted by atomic mass is 10.0. The van der Waals surface area contributed by atoms with Gasteiger partial charge in [-0.1, -0.05) is 6.92 Å². The highest BCUT2D eigenvalue weighted by molar-refractivity contribution is 5.87. The number of benzene rings is 1. The molecule has 0 radical (unpaired) electrons. The molecule has 1 aliphatic rings. The number of carbonyl (C=O) groups is 1. The van der Waals surface area contributed by atoms with Crippen LogP contribution in [0.1, 0.15) is 42.1 Å². The van der Waals surface area contributed by atoms with E-state index in [-0.39, 0.29) is 6.42 Å². The molecule has 0 amide bonds. The molecule has 1 aromatic carbocycles. The Balaban J connectivity index is 2.15. The van der Waals surface area contributed by atoms with Crippen LogP contribution < -0.4 is 5.32 Å². The van der Waals surface area contributed by atoms with Crippen molar-refractivity contribution in [1.82, 2.24) is 9.88 Å². The predicted molar refractivity (Wildman–Crippen MR) is 83.5 cm³/mol. The highest BCUT2D eigenvalue weighted by Gasteiger charge is 2.19. The summed E-state index contributed by atoms with van der Waals surface area (Å²) in [5.74, 6) is -0.728. The van der Waals surface area contributed by atoms with E-state index in [0.29, 0.717) is 6.42 Å². The van der Waals surface area contributed by atoms with Gasteiger partial charge in [0.05, 0.1) is 0 Å². The molecule has 4 nitrogen and oxygen atoms in total. The van der Waals surface area contributed by atoms with Gasteiger partial charge in [0, 0.05) is 42.7 Å². The first kappa shape index (κ1) is 14.1. The number of hydrogen-bond acceptors (Lipinski definition) is 2.